The van der Waals surface area contributed by atoms with Gasteiger partial charge in [0.05, 0.1) is 26.2 Å². The Morgan fingerprint density at radius 2 is 1.88 bits per heavy atom. The van der Waals surface area contributed by atoms with Crippen LogP contribution in [0.15, 0.2) is 79.4 Å². The lowest BCUT2D eigenvalue weighted by Gasteiger charge is -2.46. The minimum Gasteiger partial charge on any atom is -0.491 e. The Morgan fingerprint density at radius 3 is 2.61 bits per heavy atom. The van der Waals surface area contributed by atoms with Crippen molar-refractivity contribution >= 4 is 28.6 Å². The fourth-order valence-electron chi connectivity index (χ4n) is 5.69. The summed E-state index contributed by atoms with van der Waals surface area (Å²) in [5, 5.41) is 17.1. The van der Waals surface area contributed by atoms with Gasteiger partial charge in [-0.25, -0.2) is 4.79 Å². The molecule has 2 aliphatic heterocycles. The molecule has 2 fully saturated rings. The normalized spacial score (nSPS) is 18.9. The van der Waals surface area contributed by atoms with E-state index in [4.69, 9.17) is 9.84 Å². The first-order valence-electron chi connectivity index (χ1n) is 13.7. The van der Waals surface area contributed by atoms with Gasteiger partial charge in [0, 0.05) is 20.0 Å². The molecule has 5 rings (SSSR count). The van der Waals surface area contributed by atoms with Crippen LogP contribution in [0.5, 0.6) is 5.75 Å². The van der Waals surface area contributed by atoms with E-state index in [2.05, 4.69) is 11.9 Å². The molecule has 0 radical (unpaired) electrons. The van der Waals surface area contributed by atoms with Gasteiger partial charge in [-0.05, 0) is 34.0 Å². The SMILES string of the molecule is C=CCN(C(=O)NC)N1CC(=O)N2[C@@H](Cc3ccc(OCCO)cc3)C(=O)N(Cc3cccc4ccccc34)C[C@@H]21. The molecule has 41 heavy (non-hydrogen) atoms. The largest absolute Gasteiger partial charge is 0.491 e. The second kappa shape index (κ2) is 12.4. The molecule has 10 nitrogen and oxygen atoms in total. The summed E-state index contributed by atoms with van der Waals surface area (Å²) in [7, 11) is 1.54. The van der Waals surface area contributed by atoms with Gasteiger partial charge in [-0.15, -0.1) is 6.58 Å². The van der Waals surface area contributed by atoms with E-state index in [0.29, 0.717) is 18.7 Å². The molecule has 0 aliphatic carbocycles. The van der Waals surface area contributed by atoms with E-state index >= 15 is 0 Å². The molecule has 0 unspecified atom stereocenters. The van der Waals surface area contributed by atoms with Gasteiger partial charge in [0.2, 0.25) is 11.8 Å². The third kappa shape index (κ3) is 5.75. The number of rotatable bonds is 10. The standard InChI is InChI=1S/C31H35N5O5/c1-3-15-34(31(40)32-2)35-21-29(38)36-27(18-22-11-13-25(14-12-22)41-17-16-37)30(39)33(20-28(35)36)19-24-9-6-8-23-7-4-5-10-26(23)24/h3-14,27-28,37H,1,15-21H2,2H3,(H,32,40)/t27-,28+/m0/s1. The van der Waals surface area contributed by atoms with Crippen molar-refractivity contribution in [2.45, 2.75) is 25.2 Å². The van der Waals surface area contributed by atoms with Gasteiger partial charge in [0.15, 0.2) is 0 Å². The van der Waals surface area contributed by atoms with Crippen LogP contribution in [0.3, 0.4) is 0 Å². The van der Waals surface area contributed by atoms with Crippen LogP contribution in [0.1, 0.15) is 11.1 Å². The third-order valence-electron chi connectivity index (χ3n) is 7.58. The van der Waals surface area contributed by atoms with Gasteiger partial charge in [0.1, 0.15) is 24.6 Å². The molecule has 2 atom stereocenters. The fraction of sp³-hybridized carbons (Fsp3) is 0.323. The highest BCUT2D eigenvalue weighted by Crippen LogP contribution is 2.31. The van der Waals surface area contributed by atoms with Gasteiger partial charge in [0.25, 0.3) is 0 Å². The monoisotopic (exact) mass is 557 g/mol. The summed E-state index contributed by atoms with van der Waals surface area (Å²) in [5.74, 6) is 0.265. The quantitative estimate of drug-likeness (QED) is 0.371. The molecule has 0 spiro atoms. The predicted octanol–water partition coefficient (Wildman–Crippen LogP) is 2.38. The predicted molar refractivity (Wildman–Crippen MR) is 155 cm³/mol. The average Bonchev–Trinajstić information content (AvgIpc) is 3.32. The van der Waals surface area contributed by atoms with Crippen molar-refractivity contribution in [3.05, 3.63) is 90.5 Å². The minimum atomic E-state index is -0.749. The van der Waals surface area contributed by atoms with Crippen molar-refractivity contribution in [1.82, 2.24) is 25.1 Å². The number of hydrazine groups is 1. The summed E-state index contributed by atoms with van der Waals surface area (Å²) < 4.78 is 5.47. The number of benzene rings is 3. The van der Waals surface area contributed by atoms with Gasteiger partial charge >= 0.3 is 6.03 Å². The van der Waals surface area contributed by atoms with E-state index in [1.54, 1.807) is 40.1 Å². The Kier molecular flexibility index (Phi) is 8.51. The molecular formula is C31H35N5O5. The maximum Gasteiger partial charge on any atom is 0.332 e. The molecular weight excluding hydrogens is 522 g/mol. The van der Waals surface area contributed by atoms with Gasteiger partial charge in [-0.3, -0.25) is 14.6 Å². The highest BCUT2D eigenvalue weighted by Gasteiger charge is 2.52. The van der Waals surface area contributed by atoms with Crippen LogP contribution in [0.2, 0.25) is 0 Å². The lowest BCUT2D eigenvalue weighted by molar-refractivity contribution is -0.157. The van der Waals surface area contributed by atoms with E-state index in [-0.39, 0.29) is 50.7 Å². The number of fused-ring (bicyclic) bond motifs is 2. The Hall–Kier alpha value is -4.41. The van der Waals surface area contributed by atoms with Crippen LogP contribution in [-0.4, -0.2) is 94.9 Å². The smallest absolute Gasteiger partial charge is 0.332 e. The number of urea groups is 1. The zero-order valence-corrected chi connectivity index (χ0v) is 23.1. The molecule has 4 amide bonds. The van der Waals surface area contributed by atoms with E-state index in [9.17, 15) is 14.4 Å². The van der Waals surface area contributed by atoms with Crippen LogP contribution >= 0.6 is 0 Å². The van der Waals surface area contributed by atoms with Crippen molar-refractivity contribution in [2.75, 3.05) is 39.9 Å². The van der Waals surface area contributed by atoms with Crippen molar-refractivity contribution in [3.63, 3.8) is 0 Å². The van der Waals surface area contributed by atoms with E-state index < -0.39 is 12.2 Å². The summed E-state index contributed by atoms with van der Waals surface area (Å²) >= 11 is 0. The van der Waals surface area contributed by atoms with Crippen LogP contribution in [-0.2, 0) is 22.6 Å². The lowest BCUT2D eigenvalue weighted by atomic mass is 9.99. The third-order valence-corrected chi connectivity index (χ3v) is 7.58. The summed E-state index contributed by atoms with van der Waals surface area (Å²) in [5.41, 5.74) is 1.88. The second-order valence-corrected chi connectivity index (χ2v) is 10.1. The Balaban J connectivity index is 1.49. The molecule has 2 aliphatic rings. The molecule has 3 aromatic rings. The number of aliphatic hydroxyl groups is 1. The molecule has 0 aromatic heterocycles. The maximum atomic E-state index is 14.1. The van der Waals surface area contributed by atoms with Crippen LogP contribution < -0.4 is 10.1 Å². The van der Waals surface area contributed by atoms with Crippen molar-refractivity contribution in [1.29, 1.82) is 0 Å². The highest BCUT2D eigenvalue weighted by molar-refractivity contribution is 5.92. The number of carbonyl (C=O) groups is 3. The number of nitrogens with one attached hydrogen (secondary N) is 1. The zero-order valence-electron chi connectivity index (χ0n) is 23.1. The van der Waals surface area contributed by atoms with Gasteiger partial charge in [-0.2, -0.15) is 5.01 Å². The first kappa shape index (κ1) is 28.1. The minimum absolute atomic E-state index is 0.0221. The number of amides is 4. The van der Waals surface area contributed by atoms with E-state index in [1.807, 2.05) is 54.6 Å². The number of piperazine rings is 1. The Bertz CT molecular complexity index is 1420. The molecule has 2 N–H and O–H groups in total. The number of hydrogen-bond donors (Lipinski definition) is 2. The van der Waals surface area contributed by atoms with Crippen LogP contribution in [0, 0.1) is 0 Å². The summed E-state index contributed by atoms with van der Waals surface area (Å²) in [4.78, 5) is 43.8. The van der Waals surface area contributed by atoms with Crippen LogP contribution in [0.4, 0.5) is 4.79 Å². The van der Waals surface area contributed by atoms with Gasteiger partial charge < -0.3 is 25.0 Å². The molecule has 0 saturated carbocycles. The van der Waals surface area contributed by atoms with Crippen LogP contribution in [0.25, 0.3) is 10.8 Å². The zero-order chi connectivity index (χ0) is 28.9. The molecule has 10 heteroatoms. The second-order valence-electron chi connectivity index (χ2n) is 10.1. The Morgan fingerprint density at radius 1 is 1.12 bits per heavy atom. The molecule has 2 saturated heterocycles. The fourth-order valence-corrected chi connectivity index (χ4v) is 5.69. The number of hydrogen-bond acceptors (Lipinski definition) is 6. The number of ether oxygens (including phenoxy) is 1. The van der Waals surface area contributed by atoms with E-state index in [1.165, 1.54) is 5.01 Å². The number of aliphatic hydroxyl groups excluding tert-OH is 1. The summed E-state index contributed by atoms with van der Waals surface area (Å²) in [6.07, 6.45) is 1.40. The maximum absolute atomic E-state index is 14.1. The first-order chi connectivity index (χ1) is 19.9. The van der Waals surface area contributed by atoms with E-state index in [0.717, 1.165) is 21.9 Å². The van der Waals surface area contributed by atoms with Gasteiger partial charge in [-0.1, -0.05) is 60.7 Å². The number of carbonyl (C=O) groups excluding carboxylic acids is 3. The number of nitrogens with zero attached hydrogens (tertiary/aromatic N) is 4. The average molecular weight is 558 g/mol. The molecule has 214 valence electrons. The summed E-state index contributed by atoms with van der Waals surface area (Å²) in [6, 6.07) is 20.3. The van der Waals surface area contributed by atoms with Crippen molar-refractivity contribution in [2.24, 2.45) is 0 Å². The van der Waals surface area contributed by atoms with Crippen molar-refractivity contribution < 1.29 is 24.2 Å². The summed E-state index contributed by atoms with van der Waals surface area (Å²) in [6.45, 7) is 4.71. The first-order valence-corrected chi connectivity index (χ1v) is 13.7. The highest BCUT2D eigenvalue weighted by atomic mass is 16.5. The molecule has 3 aromatic carbocycles. The molecule has 0 bridgehead atoms. The lowest BCUT2D eigenvalue weighted by Crippen LogP contribution is -2.65. The topological polar surface area (TPSA) is 106 Å². The molecule has 2 heterocycles. The Labute approximate surface area is 239 Å². The van der Waals surface area contributed by atoms with Crippen molar-refractivity contribution in [3.8, 4) is 5.75 Å².